The molecule has 0 spiro atoms. The lowest BCUT2D eigenvalue weighted by Gasteiger charge is -2.28. The van der Waals surface area contributed by atoms with Crippen molar-refractivity contribution in [2.45, 2.75) is 19.4 Å². The molecule has 1 amide bonds. The second-order valence-electron chi connectivity index (χ2n) is 9.40. The Hall–Kier alpha value is -4.59. The molecule has 5 rings (SSSR count). The molecule has 3 aromatic rings. The van der Waals surface area contributed by atoms with E-state index in [1.807, 2.05) is 43.1 Å². The van der Waals surface area contributed by atoms with Gasteiger partial charge in [0.05, 0.1) is 37.4 Å². The number of ether oxygens (including phenoxy) is 2. The highest BCUT2D eigenvalue weighted by Gasteiger charge is 2.47. The second-order valence-corrected chi connectivity index (χ2v) is 9.40. The van der Waals surface area contributed by atoms with Crippen LogP contribution in [0.1, 0.15) is 28.3 Å². The van der Waals surface area contributed by atoms with Gasteiger partial charge in [0.1, 0.15) is 18.1 Å². The van der Waals surface area contributed by atoms with Crippen LogP contribution in [0.25, 0.3) is 5.76 Å². The standard InChI is InChI=1S/C30H28N2O6/c1-18-6-4-5-7-22(18)27-26(28(34)20-10-13-24-23(17-20)31(2)14-15-38-24)29(35)30(36)32(27)21-11-8-19(9-12-21)16-25(33)37-3/h4-13,17,27,34H,14-16H2,1-3H3/b28-26+. The van der Waals surface area contributed by atoms with Gasteiger partial charge in [-0.2, -0.15) is 0 Å². The Morgan fingerprint density at radius 2 is 1.82 bits per heavy atom. The summed E-state index contributed by atoms with van der Waals surface area (Å²) < 4.78 is 10.5. The maximum atomic E-state index is 13.5. The van der Waals surface area contributed by atoms with Crippen molar-refractivity contribution in [3.05, 3.63) is 94.6 Å². The number of Topliss-reactive ketones (excluding diaryl/α,β-unsaturated/α-hetero) is 1. The fourth-order valence-corrected chi connectivity index (χ4v) is 4.95. The van der Waals surface area contributed by atoms with E-state index >= 15 is 0 Å². The zero-order chi connectivity index (χ0) is 27.0. The van der Waals surface area contributed by atoms with Crippen LogP contribution in [0, 0.1) is 6.92 Å². The SMILES string of the molecule is COC(=O)Cc1ccc(N2C(=O)C(=O)/C(=C(/O)c3ccc4c(c3)N(C)CCO4)C2c2ccccc2C)cc1. The molecule has 0 aromatic heterocycles. The molecule has 2 aliphatic heterocycles. The van der Waals surface area contributed by atoms with Crippen LogP contribution in [0.15, 0.2) is 72.3 Å². The first-order valence-electron chi connectivity index (χ1n) is 12.3. The summed E-state index contributed by atoms with van der Waals surface area (Å²) in [5.74, 6) is -1.43. The number of aliphatic hydroxyl groups is 1. The van der Waals surface area contributed by atoms with E-state index in [4.69, 9.17) is 9.47 Å². The maximum absolute atomic E-state index is 13.5. The Morgan fingerprint density at radius 3 is 2.53 bits per heavy atom. The fourth-order valence-electron chi connectivity index (χ4n) is 4.95. The smallest absolute Gasteiger partial charge is 0.309 e. The lowest BCUT2D eigenvalue weighted by molar-refractivity contribution is -0.139. The number of aryl methyl sites for hydroxylation is 1. The molecule has 0 bridgehead atoms. The Balaban J connectivity index is 1.64. The van der Waals surface area contributed by atoms with E-state index in [-0.39, 0.29) is 23.7 Å². The second kappa shape index (κ2) is 10.0. The van der Waals surface area contributed by atoms with E-state index in [9.17, 15) is 19.5 Å². The van der Waals surface area contributed by atoms with Crippen LogP contribution >= 0.6 is 0 Å². The molecule has 3 aromatic carbocycles. The summed E-state index contributed by atoms with van der Waals surface area (Å²) in [5.41, 5.74) is 4.02. The molecule has 2 aliphatic rings. The molecular formula is C30H28N2O6. The third-order valence-electron chi connectivity index (χ3n) is 7.05. The van der Waals surface area contributed by atoms with Gasteiger partial charge in [-0.15, -0.1) is 0 Å². The normalized spacial score (nSPS) is 18.2. The van der Waals surface area contributed by atoms with Gasteiger partial charge >= 0.3 is 5.97 Å². The number of hydrogen-bond acceptors (Lipinski definition) is 7. The van der Waals surface area contributed by atoms with E-state index in [0.717, 1.165) is 16.8 Å². The van der Waals surface area contributed by atoms with Crippen LogP contribution in [-0.2, 0) is 25.5 Å². The minimum Gasteiger partial charge on any atom is -0.507 e. The van der Waals surface area contributed by atoms with E-state index in [1.54, 1.807) is 42.5 Å². The van der Waals surface area contributed by atoms with Crippen LogP contribution in [0.2, 0.25) is 0 Å². The van der Waals surface area contributed by atoms with Crippen molar-refractivity contribution in [2.24, 2.45) is 0 Å². The minimum atomic E-state index is -0.840. The molecule has 0 aliphatic carbocycles. The van der Waals surface area contributed by atoms with Gasteiger partial charge < -0.3 is 19.5 Å². The van der Waals surface area contributed by atoms with Crippen LogP contribution in [0.4, 0.5) is 11.4 Å². The zero-order valence-corrected chi connectivity index (χ0v) is 21.4. The molecule has 8 nitrogen and oxygen atoms in total. The Kier molecular flexibility index (Phi) is 6.63. The molecule has 0 radical (unpaired) electrons. The number of amides is 1. The number of nitrogens with zero attached hydrogens (tertiary/aromatic N) is 2. The van der Waals surface area contributed by atoms with Gasteiger partial charge in [-0.25, -0.2) is 0 Å². The zero-order valence-electron chi connectivity index (χ0n) is 21.4. The summed E-state index contributed by atoms with van der Waals surface area (Å²) in [5, 5.41) is 11.5. The monoisotopic (exact) mass is 512 g/mol. The molecule has 1 atom stereocenters. The number of rotatable bonds is 5. The fraction of sp³-hybridized carbons (Fsp3) is 0.233. The number of fused-ring (bicyclic) bond motifs is 1. The van der Waals surface area contributed by atoms with Gasteiger partial charge in [0.25, 0.3) is 11.7 Å². The van der Waals surface area contributed by atoms with Crippen molar-refractivity contribution in [3.8, 4) is 5.75 Å². The van der Waals surface area contributed by atoms with Crippen molar-refractivity contribution in [3.63, 3.8) is 0 Å². The first kappa shape index (κ1) is 25.1. The van der Waals surface area contributed by atoms with Crippen molar-refractivity contribution in [1.29, 1.82) is 0 Å². The van der Waals surface area contributed by atoms with E-state index in [0.29, 0.717) is 35.7 Å². The molecule has 0 saturated carbocycles. The summed E-state index contributed by atoms with van der Waals surface area (Å²) in [6.07, 6.45) is 0.0906. The predicted octanol–water partition coefficient (Wildman–Crippen LogP) is 4.17. The number of methoxy groups -OCH3 is 1. The average molecular weight is 513 g/mol. The van der Waals surface area contributed by atoms with Gasteiger partial charge in [-0.05, 0) is 53.9 Å². The lowest BCUT2D eigenvalue weighted by Crippen LogP contribution is -2.29. The van der Waals surface area contributed by atoms with Gasteiger partial charge in [0.2, 0.25) is 0 Å². The first-order valence-corrected chi connectivity index (χ1v) is 12.3. The third-order valence-corrected chi connectivity index (χ3v) is 7.05. The highest BCUT2D eigenvalue weighted by Crippen LogP contribution is 2.44. The Bertz CT molecular complexity index is 1460. The number of aliphatic hydroxyl groups excluding tert-OH is 1. The number of carbonyl (C=O) groups excluding carboxylic acids is 3. The summed E-state index contributed by atoms with van der Waals surface area (Å²) in [6.45, 7) is 3.16. The highest BCUT2D eigenvalue weighted by molar-refractivity contribution is 6.51. The van der Waals surface area contributed by atoms with Gasteiger partial charge in [0.15, 0.2) is 0 Å². The van der Waals surface area contributed by atoms with Crippen LogP contribution in [0.3, 0.4) is 0 Å². The molecule has 38 heavy (non-hydrogen) atoms. The van der Waals surface area contributed by atoms with Crippen molar-refractivity contribution < 1.29 is 29.0 Å². The van der Waals surface area contributed by atoms with E-state index in [2.05, 4.69) is 0 Å². The summed E-state index contributed by atoms with van der Waals surface area (Å²) in [4.78, 5) is 42.1. The molecule has 194 valence electrons. The van der Waals surface area contributed by atoms with Crippen molar-refractivity contribution >= 4 is 34.8 Å². The number of benzene rings is 3. The van der Waals surface area contributed by atoms with Crippen molar-refractivity contribution in [1.82, 2.24) is 0 Å². The third kappa shape index (κ3) is 4.38. The Labute approximate surface area is 220 Å². The van der Waals surface area contributed by atoms with Crippen LogP contribution < -0.4 is 14.5 Å². The van der Waals surface area contributed by atoms with Crippen molar-refractivity contribution in [2.75, 3.05) is 37.1 Å². The van der Waals surface area contributed by atoms with Gasteiger partial charge in [-0.1, -0.05) is 36.4 Å². The Morgan fingerprint density at radius 1 is 1.08 bits per heavy atom. The highest BCUT2D eigenvalue weighted by atomic mass is 16.5. The van der Waals surface area contributed by atoms with E-state index in [1.165, 1.54) is 12.0 Å². The topological polar surface area (TPSA) is 96.4 Å². The maximum Gasteiger partial charge on any atom is 0.309 e. The largest absolute Gasteiger partial charge is 0.507 e. The quantitative estimate of drug-likeness (QED) is 0.237. The first-order chi connectivity index (χ1) is 18.3. The minimum absolute atomic E-state index is 0.0160. The number of carbonyl (C=O) groups is 3. The van der Waals surface area contributed by atoms with Crippen LogP contribution in [-0.4, -0.2) is 50.1 Å². The molecular weight excluding hydrogens is 484 g/mol. The molecule has 1 fully saturated rings. The average Bonchev–Trinajstić information content (AvgIpc) is 3.19. The lowest BCUT2D eigenvalue weighted by atomic mass is 9.92. The number of anilines is 2. The van der Waals surface area contributed by atoms with Gasteiger partial charge in [0, 0.05) is 18.3 Å². The van der Waals surface area contributed by atoms with Gasteiger partial charge in [-0.3, -0.25) is 19.3 Å². The van der Waals surface area contributed by atoms with Crippen LogP contribution in [0.5, 0.6) is 5.75 Å². The molecule has 8 heteroatoms. The predicted molar refractivity (Wildman–Crippen MR) is 143 cm³/mol. The molecule has 2 heterocycles. The molecule has 1 saturated heterocycles. The van der Waals surface area contributed by atoms with E-state index < -0.39 is 17.7 Å². The molecule has 1 unspecified atom stereocenters. The number of esters is 1. The summed E-state index contributed by atoms with van der Waals surface area (Å²) in [7, 11) is 3.26. The number of hydrogen-bond donors (Lipinski definition) is 1. The number of likely N-dealkylation sites (N-methyl/N-ethyl adjacent to an activating group) is 1. The summed E-state index contributed by atoms with van der Waals surface area (Å²) >= 11 is 0. The number of ketones is 1. The summed E-state index contributed by atoms with van der Waals surface area (Å²) in [6, 6.07) is 18.7. The molecule has 1 N–H and O–H groups in total.